The molecular formula is C24H19N3O6S. The van der Waals surface area contributed by atoms with E-state index in [-0.39, 0.29) is 11.4 Å². The standard InChI is InChI=1S/C24H19N3O6S/c1-14-11-19(27(30)31)20(32-2)12-18(14)25-22(28)13-33-24(29)16-8-4-3-7-15(16)23-26-17-9-5-6-10-21(17)34-23/h3-12H,13H2,1-2H3,(H,25,28). The number of hydrogen-bond acceptors (Lipinski definition) is 8. The Bertz CT molecular complexity index is 1380. The third-order valence-electron chi connectivity index (χ3n) is 5.00. The molecule has 0 aliphatic heterocycles. The molecule has 0 aliphatic carbocycles. The average Bonchev–Trinajstić information content (AvgIpc) is 3.27. The van der Waals surface area contributed by atoms with Crippen molar-refractivity contribution >= 4 is 44.8 Å². The van der Waals surface area contributed by atoms with Crippen LogP contribution in [-0.2, 0) is 9.53 Å². The Labute approximate surface area is 198 Å². The van der Waals surface area contributed by atoms with Gasteiger partial charge in [0.05, 0.1) is 27.8 Å². The number of para-hydroxylation sites is 1. The Kier molecular flexibility index (Phi) is 6.51. The lowest BCUT2D eigenvalue weighted by atomic mass is 10.1. The van der Waals surface area contributed by atoms with Crippen molar-refractivity contribution in [1.82, 2.24) is 4.98 Å². The summed E-state index contributed by atoms with van der Waals surface area (Å²) in [7, 11) is 1.30. The number of carbonyl (C=O) groups is 2. The van der Waals surface area contributed by atoms with Crippen LogP contribution >= 0.6 is 11.3 Å². The minimum atomic E-state index is -0.664. The lowest BCUT2D eigenvalue weighted by Crippen LogP contribution is -2.21. The molecule has 1 amide bonds. The molecular weight excluding hydrogens is 458 g/mol. The number of nitro groups is 1. The zero-order chi connectivity index (χ0) is 24.2. The Balaban J connectivity index is 1.48. The molecule has 4 rings (SSSR count). The highest BCUT2D eigenvalue weighted by Crippen LogP contribution is 2.33. The largest absolute Gasteiger partial charge is 0.490 e. The van der Waals surface area contributed by atoms with Crippen LogP contribution in [0.5, 0.6) is 5.75 Å². The summed E-state index contributed by atoms with van der Waals surface area (Å²) in [6, 6.07) is 17.2. The maximum atomic E-state index is 12.8. The fraction of sp³-hybridized carbons (Fsp3) is 0.125. The number of anilines is 1. The van der Waals surface area contributed by atoms with Gasteiger partial charge in [-0.3, -0.25) is 14.9 Å². The second-order valence-electron chi connectivity index (χ2n) is 7.25. The minimum absolute atomic E-state index is 0.00709. The molecule has 0 bridgehead atoms. The summed E-state index contributed by atoms with van der Waals surface area (Å²) in [5, 5.41) is 14.4. The summed E-state index contributed by atoms with van der Waals surface area (Å²) < 4.78 is 11.3. The first-order chi connectivity index (χ1) is 16.4. The van der Waals surface area contributed by atoms with E-state index in [1.54, 1.807) is 31.2 Å². The number of fused-ring (bicyclic) bond motifs is 1. The fourth-order valence-corrected chi connectivity index (χ4v) is 4.35. The van der Waals surface area contributed by atoms with Gasteiger partial charge in [0.2, 0.25) is 0 Å². The number of hydrogen-bond donors (Lipinski definition) is 1. The molecule has 1 N–H and O–H groups in total. The minimum Gasteiger partial charge on any atom is -0.490 e. The number of carbonyl (C=O) groups excluding carboxylic acids is 2. The molecule has 9 nitrogen and oxygen atoms in total. The quantitative estimate of drug-likeness (QED) is 0.226. The Morgan fingerprint density at radius 2 is 1.85 bits per heavy atom. The predicted molar refractivity (Wildman–Crippen MR) is 128 cm³/mol. The molecule has 0 fully saturated rings. The molecule has 34 heavy (non-hydrogen) atoms. The van der Waals surface area contributed by atoms with Crippen LogP contribution in [0.3, 0.4) is 0 Å². The lowest BCUT2D eigenvalue weighted by Gasteiger charge is -2.11. The van der Waals surface area contributed by atoms with E-state index in [1.807, 2.05) is 24.3 Å². The van der Waals surface area contributed by atoms with Crippen molar-refractivity contribution in [3.05, 3.63) is 81.9 Å². The number of esters is 1. The van der Waals surface area contributed by atoms with Crippen LogP contribution in [-0.4, -0.2) is 35.5 Å². The predicted octanol–water partition coefficient (Wildman–Crippen LogP) is 4.98. The second-order valence-corrected chi connectivity index (χ2v) is 8.28. The number of nitro benzene ring substituents is 1. The average molecular weight is 477 g/mol. The molecule has 172 valence electrons. The van der Waals surface area contributed by atoms with E-state index < -0.39 is 23.4 Å². The normalized spacial score (nSPS) is 10.6. The van der Waals surface area contributed by atoms with Gasteiger partial charge in [-0.2, -0.15) is 0 Å². The van der Waals surface area contributed by atoms with Crippen LogP contribution in [0.25, 0.3) is 20.8 Å². The van der Waals surface area contributed by atoms with E-state index in [1.165, 1.54) is 30.6 Å². The SMILES string of the molecule is COc1cc(NC(=O)COC(=O)c2ccccc2-c2nc3ccccc3s2)c(C)cc1[N+](=O)[O-]. The molecule has 4 aromatic rings. The monoisotopic (exact) mass is 477 g/mol. The third kappa shape index (κ3) is 4.71. The first kappa shape index (κ1) is 22.9. The van der Waals surface area contributed by atoms with Gasteiger partial charge >= 0.3 is 11.7 Å². The van der Waals surface area contributed by atoms with Crippen molar-refractivity contribution < 1.29 is 24.0 Å². The van der Waals surface area contributed by atoms with Crippen molar-refractivity contribution in [3.63, 3.8) is 0 Å². The molecule has 0 radical (unpaired) electrons. The fourth-order valence-electron chi connectivity index (χ4n) is 3.34. The number of benzene rings is 3. The van der Waals surface area contributed by atoms with Crippen LogP contribution in [0.1, 0.15) is 15.9 Å². The van der Waals surface area contributed by atoms with Gasteiger partial charge in [-0.1, -0.05) is 30.3 Å². The summed E-state index contributed by atoms with van der Waals surface area (Å²) in [4.78, 5) is 40.4. The summed E-state index contributed by atoms with van der Waals surface area (Å²) in [5.41, 5.74) is 2.31. The van der Waals surface area contributed by atoms with Crippen molar-refractivity contribution in [3.8, 4) is 16.3 Å². The first-order valence-electron chi connectivity index (χ1n) is 10.1. The Hall–Kier alpha value is -4.31. The van der Waals surface area contributed by atoms with Gasteiger partial charge in [-0.05, 0) is 30.7 Å². The summed E-state index contributed by atoms with van der Waals surface area (Å²) in [6.45, 7) is 1.08. The second kappa shape index (κ2) is 9.67. The molecule has 0 aliphatic rings. The number of rotatable bonds is 7. The van der Waals surface area contributed by atoms with E-state index in [2.05, 4.69) is 10.3 Å². The number of methoxy groups -OCH3 is 1. The lowest BCUT2D eigenvalue weighted by molar-refractivity contribution is -0.385. The molecule has 10 heteroatoms. The maximum Gasteiger partial charge on any atom is 0.339 e. The zero-order valence-corrected chi connectivity index (χ0v) is 19.0. The van der Waals surface area contributed by atoms with Gasteiger partial charge in [0.1, 0.15) is 5.01 Å². The van der Waals surface area contributed by atoms with E-state index in [0.29, 0.717) is 27.4 Å². The molecule has 0 saturated carbocycles. The van der Waals surface area contributed by atoms with Crippen LogP contribution < -0.4 is 10.1 Å². The molecule has 0 saturated heterocycles. The molecule has 1 heterocycles. The van der Waals surface area contributed by atoms with E-state index in [4.69, 9.17) is 9.47 Å². The van der Waals surface area contributed by atoms with Gasteiger partial charge in [0.25, 0.3) is 5.91 Å². The van der Waals surface area contributed by atoms with E-state index in [9.17, 15) is 19.7 Å². The third-order valence-corrected chi connectivity index (χ3v) is 6.07. The molecule has 1 aromatic heterocycles. The number of ether oxygens (including phenoxy) is 2. The van der Waals surface area contributed by atoms with Gasteiger partial charge < -0.3 is 14.8 Å². The molecule has 0 atom stereocenters. The number of aromatic nitrogens is 1. The van der Waals surface area contributed by atoms with E-state index >= 15 is 0 Å². The highest BCUT2D eigenvalue weighted by atomic mass is 32.1. The number of amides is 1. The summed E-state index contributed by atoms with van der Waals surface area (Å²) >= 11 is 1.46. The summed E-state index contributed by atoms with van der Waals surface area (Å²) in [5.74, 6) is -1.25. The molecule has 0 unspecified atom stereocenters. The number of aryl methyl sites for hydroxylation is 1. The number of nitrogens with zero attached hydrogens (tertiary/aromatic N) is 2. The van der Waals surface area contributed by atoms with Gasteiger partial charge in [-0.15, -0.1) is 11.3 Å². The number of thiazole rings is 1. The van der Waals surface area contributed by atoms with Gasteiger partial charge in [0, 0.05) is 23.4 Å². The highest BCUT2D eigenvalue weighted by Gasteiger charge is 2.20. The van der Waals surface area contributed by atoms with Crippen LogP contribution in [0.4, 0.5) is 11.4 Å². The smallest absolute Gasteiger partial charge is 0.339 e. The van der Waals surface area contributed by atoms with Crippen LogP contribution in [0.15, 0.2) is 60.7 Å². The van der Waals surface area contributed by atoms with Crippen molar-refractivity contribution in [2.45, 2.75) is 6.92 Å². The maximum absolute atomic E-state index is 12.8. The highest BCUT2D eigenvalue weighted by molar-refractivity contribution is 7.21. The topological polar surface area (TPSA) is 121 Å². The number of nitrogens with one attached hydrogen (secondary N) is 1. The van der Waals surface area contributed by atoms with Crippen molar-refractivity contribution in [2.75, 3.05) is 19.0 Å². The van der Waals surface area contributed by atoms with Gasteiger partial charge in [0.15, 0.2) is 12.4 Å². The van der Waals surface area contributed by atoms with Crippen molar-refractivity contribution in [1.29, 1.82) is 0 Å². The first-order valence-corrected chi connectivity index (χ1v) is 10.9. The molecule has 0 spiro atoms. The van der Waals surface area contributed by atoms with Crippen LogP contribution in [0.2, 0.25) is 0 Å². The summed E-state index contributed by atoms with van der Waals surface area (Å²) in [6.07, 6.45) is 0. The zero-order valence-electron chi connectivity index (χ0n) is 18.2. The van der Waals surface area contributed by atoms with Gasteiger partial charge in [-0.25, -0.2) is 9.78 Å². The van der Waals surface area contributed by atoms with Crippen LogP contribution in [0, 0.1) is 17.0 Å². The van der Waals surface area contributed by atoms with Crippen molar-refractivity contribution in [2.24, 2.45) is 0 Å². The Morgan fingerprint density at radius 1 is 1.12 bits per heavy atom. The molecule has 3 aromatic carbocycles. The van der Waals surface area contributed by atoms with E-state index in [0.717, 1.165) is 10.2 Å². The Morgan fingerprint density at radius 3 is 2.59 bits per heavy atom.